The minimum Gasteiger partial charge on any atom is -0.247 e. The third-order valence-corrected chi connectivity index (χ3v) is 7.99. The van der Waals surface area contributed by atoms with Crippen molar-refractivity contribution in [3.05, 3.63) is 113 Å². The molecule has 0 saturated heterocycles. The van der Waals surface area contributed by atoms with Crippen LogP contribution in [0.1, 0.15) is 22.3 Å². The maximum Gasteiger partial charge on any atom is 0.114 e. The Balaban J connectivity index is 1.58. The van der Waals surface area contributed by atoms with E-state index in [0.29, 0.717) is 22.2 Å². The summed E-state index contributed by atoms with van der Waals surface area (Å²) >= 11 is 1.14. The summed E-state index contributed by atoms with van der Waals surface area (Å²) in [6, 6.07) is 36.6. The maximum atomic E-state index is 9.90. The molecule has 0 aliphatic carbocycles. The fraction of sp³-hybridized carbons (Fsp3) is 0. The van der Waals surface area contributed by atoms with Crippen LogP contribution in [0.4, 0.5) is 0 Å². The van der Waals surface area contributed by atoms with Crippen LogP contribution in [0.25, 0.3) is 66.2 Å². The molecule has 0 fully saturated rings. The lowest BCUT2D eigenvalue weighted by molar-refractivity contribution is 1.40. The Morgan fingerprint density at radius 3 is 1.91 bits per heavy atom. The van der Waals surface area contributed by atoms with Gasteiger partial charge in [0.15, 0.2) is 0 Å². The van der Waals surface area contributed by atoms with Crippen molar-refractivity contribution in [2.45, 2.75) is 0 Å². The molecule has 0 saturated carbocycles. The highest BCUT2D eigenvalue weighted by Gasteiger charge is 2.21. The standard InChI is InChI=1S/C35H15N7S/c36-16-20-6-8-22(9-7-20)28-15-29-32(35-34(28)41-43-42-35)27-11-10-24(14-30(27)40-33(29)23-4-2-1-3-5-23)31-25(18-38)12-21(17-37)13-26(31)19-39/h1-15H. The van der Waals surface area contributed by atoms with Gasteiger partial charge >= 0.3 is 0 Å². The van der Waals surface area contributed by atoms with Crippen LogP contribution in [-0.4, -0.2) is 13.7 Å². The van der Waals surface area contributed by atoms with E-state index < -0.39 is 0 Å². The van der Waals surface area contributed by atoms with Gasteiger partial charge in [-0.15, -0.1) is 0 Å². The second-order valence-corrected chi connectivity index (χ2v) is 10.4. The Kier molecular flexibility index (Phi) is 6.04. The second-order valence-electron chi connectivity index (χ2n) is 9.84. The zero-order chi connectivity index (χ0) is 29.5. The molecule has 0 spiro atoms. The Labute approximate surface area is 249 Å². The molecule has 0 aliphatic rings. The Bertz CT molecular complexity index is 2400. The molecule has 0 radical (unpaired) electrons. The zero-order valence-corrected chi connectivity index (χ0v) is 23.0. The van der Waals surface area contributed by atoms with Gasteiger partial charge in [0, 0.05) is 32.8 Å². The number of nitrogens with zero attached hydrogens (tertiary/aromatic N) is 7. The predicted octanol–water partition coefficient (Wildman–Crippen LogP) is 7.88. The van der Waals surface area contributed by atoms with Crippen molar-refractivity contribution in [2.24, 2.45) is 0 Å². The molecule has 0 bridgehead atoms. The summed E-state index contributed by atoms with van der Waals surface area (Å²) in [5.41, 5.74) is 8.09. The van der Waals surface area contributed by atoms with E-state index in [-0.39, 0.29) is 16.7 Å². The molecule has 8 heteroatoms. The molecule has 0 unspecified atom stereocenters. The number of hydrogen-bond donors (Lipinski definition) is 0. The highest BCUT2D eigenvalue weighted by molar-refractivity contribution is 7.00. The van der Waals surface area contributed by atoms with Gasteiger partial charge in [0.25, 0.3) is 0 Å². The summed E-state index contributed by atoms with van der Waals surface area (Å²) in [5.74, 6) is 0. The predicted molar refractivity (Wildman–Crippen MR) is 165 cm³/mol. The third kappa shape index (κ3) is 4.12. The summed E-state index contributed by atoms with van der Waals surface area (Å²) in [5, 5.41) is 41.1. The van der Waals surface area contributed by atoms with Gasteiger partial charge in [-0.1, -0.05) is 54.6 Å². The van der Waals surface area contributed by atoms with E-state index >= 15 is 0 Å². The van der Waals surface area contributed by atoms with Gasteiger partial charge < -0.3 is 0 Å². The molecule has 196 valence electrons. The summed E-state index contributed by atoms with van der Waals surface area (Å²) in [4.78, 5) is 5.15. The Morgan fingerprint density at radius 1 is 0.558 bits per heavy atom. The van der Waals surface area contributed by atoms with Crippen LogP contribution in [0.5, 0.6) is 0 Å². The fourth-order valence-electron chi connectivity index (χ4n) is 5.53. The van der Waals surface area contributed by atoms with Crippen molar-refractivity contribution in [3.63, 3.8) is 0 Å². The summed E-state index contributed by atoms with van der Waals surface area (Å²) in [6.07, 6.45) is 0. The van der Waals surface area contributed by atoms with E-state index in [2.05, 4.69) is 28.6 Å². The van der Waals surface area contributed by atoms with Crippen molar-refractivity contribution in [2.75, 3.05) is 0 Å². The molecule has 7 rings (SSSR count). The highest BCUT2D eigenvalue weighted by Crippen LogP contribution is 2.42. The number of nitriles is 4. The highest BCUT2D eigenvalue weighted by atomic mass is 32.1. The van der Waals surface area contributed by atoms with Crippen LogP contribution in [0, 0.1) is 45.3 Å². The molecule has 43 heavy (non-hydrogen) atoms. The van der Waals surface area contributed by atoms with Crippen LogP contribution < -0.4 is 0 Å². The largest absolute Gasteiger partial charge is 0.247 e. The Morgan fingerprint density at radius 2 is 1.23 bits per heavy atom. The van der Waals surface area contributed by atoms with E-state index in [4.69, 9.17) is 9.36 Å². The molecule has 2 heterocycles. The molecule has 2 aromatic heterocycles. The van der Waals surface area contributed by atoms with Crippen LogP contribution in [0.15, 0.2) is 91.0 Å². The summed E-state index contributed by atoms with van der Waals surface area (Å²) in [6.45, 7) is 0. The smallest absolute Gasteiger partial charge is 0.114 e. The van der Waals surface area contributed by atoms with Crippen molar-refractivity contribution in [3.8, 4) is 57.8 Å². The van der Waals surface area contributed by atoms with Gasteiger partial charge in [0.2, 0.25) is 0 Å². The van der Waals surface area contributed by atoms with Crippen molar-refractivity contribution in [1.82, 2.24) is 13.7 Å². The monoisotopic (exact) mass is 565 g/mol. The first-order valence-electron chi connectivity index (χ1n) is 13.1. The number of benzene rings is 5. The van der Waals surface area contributed by atoms with Crippen molar-refractivity contribution >= 4 is 44.4 Å². The van der Waals surface area contributed by atoms with E-state index in [0.717, 1.165) is 61.3 Å². The average Bonchev–Trinajstić information content (AvgIpc) is 3.57. The van der Waals surface area contributed by atoms with Crippen LogP contribution in [0.2, 0.25) is 0 Å². The molecule has 5 aromatic carbocycles. The van der Waals surface area contributed by atoms with E-state index in [1.165, 1.54) is 12.1 Å². The molecule has 0 aliphatic heterocycles. The van der Waals surface area contributed by atoms with E-state index in [9.17, 15) is 21.0 Å². The molecule has 0 amide bonds. The third-order valence-electron chi connectivity index (χ3n) is 7.46. The van der Waals surface area contributed by atoms with Crippen LogP contribution in [0.3, 0.4) is 0 Å². The zero-order valence-electron chi connectivity index (χ0n) is 22.2. The quantitative estimate of drug-likeness (QED) is 0.199. The van der Waals surface area contributed by atoms with Gasteiger partial charge in [0.1, 0.15) is 11.0 Å². The lowest BCUT2D eigenvalue weighted by Gasteiger charge is -2.14. The van der Waals surface area contributed by atoms with E-state index in [1.807, 2.05) is 66.7 Å². The number of fused-ring (bicyclic) bond motifs is 5. The molecular weight excluding hydrogens is 551 g/mol. The minimum absolute atomic E-state index is 0.247. The molecular formula is C35H15N7S. The number of pyridine rings is 1. The molecule has 0 N–H and O–H groups in total. The average molecular weight is 566 g/mol. The molecule has 7 aromatic rings. The van der Waals surface area contributed by atoms with Gasteiger partial charge in [-0.3, -0.25) is 0 Å². The summed E-state index contributed by atoms with van der Waals surface area (Å²) in [7, 11) is 0. The van der Waals surface area contributed by atoms with E-state index in [1.54, 1.807) is 12.1 Å². The number of hydrogen-bond acceptors (Lipinski definition) is 8. The molecule has 0 atom stereocenters. The molecule has 7 nitrogen and oxygen atoms in total. The Hall–Kier alpha value is -6.45. The first-order valence-corrected chi connectivity index (χ1v) is 13.8. The fourth-order valence-corrected chi connectivity index (χ4v) is 6.09. The lowest BCUT2D eigenvalue weighted by atomic mass is 9.90. The normalized spacial score (nSPS) is 10.7. The first-order chi connectivity index (χ1) is 21.1. The minimum atomic E-state index is 0.247. The number of rotatable bonds is 3. The van der Waals surface area contributed by atoms with Gasteiger partial charge in [0.05, 0.1) is 69.5 Å². The topological polar surface area (TPSA) is 134 Å². The first kappa shape index (κ1) is 25.5. The maximum absolute atomic E-state index is 9.90. The van der Waals surface area contributed by atoms with Gasteiger partial charge in [-0.25, -0.2) is 4.98 Å². The van der Waals surface area contributed by atoms with Crippen molar-refractivity contribution in [1.29, 1.82) is 21.0 Å². The SMILES string of the molecule is N#Cc1ccc(-c2cc3c(-c4ccccc4)nc4cc(-c5c(C#N)cc(C#N)cc5C#N)ccc4c3c3nsnc23)cc1. The van der Waals surface area contributed by atoms with Gasteiger partial charge in [-0.05, 0) is 47.5 Å². The second kappa shape index (κ2) is 10.2. The summed E-state index contributed by atoms with van der Waals surface area (Å²) < 4.78 is 9.41. The van der Waals surface area contributed by atoms with Gasteiger partial charge in [-0.2, -0.15) is 29.8 Å². The lowest BCUT2D eigenvalue weighted by Crippen LogP contribution is -1.95. The van der Waals surface area contributed by atoms with Crippen molar-refractivity contribution < 1.29 is 0 Å². The van der Waals surface area contributed by atoms with Crippen LogP contribution >= 0.6 is 11.7 Å². The van der Waals surface area contributed by atoms with Crippen LogP contribution in [-0.2, 0) is 0 Å². The number of aromatic nitrogens is 3.